The Bertz CT molecular complexity index is 469. The van der Waals surface area contributed by atoms with Crippen LogP contribution in [0.2, 0.25) is 0 Å². The average molecular weight is 277 g/mol. The fourth-order valence-corrected chi connectivity index (χ4v) is 3.00. The van der Waals surface area contributed by atoms with Crippen LogP contribution < -0.4 is 14.8 Å². The number of rotatable bonds is 4. The summed E-state index contributed by atoms with van der Waals surface area (Å²) in [5.74, 6) is 1.64. The van der Waals surface area contributed by atoms with E-state index in [-0.39, 0.29) is 6.04 Å². The maximum atomic E-state index is 10.4. The van der Waals surface area contributed by atoms with Crippen LogP contribution in [0.15, 0.2) is 18.2 Å². The van der Waals surface area contributed by atoms with Crippen molar-refractivity contribution in [2.75, 3.05) is 19.8 Å². The molecule has 20 heavy (non-hydrogen) atoms. The summed E-state index contributed by atoms with van der Waals surface area (Å²) in [6.45, 7) is 4.00. The largest absolute Gasteiger partial charge is 0.486 e. The van der Waals surface area contributed by atoms with Crippen LogP contribution in [0, 0.1) is 0 Å². The van der Waals surface area contributed by atoms with Gasteiger partial charge in [0.05, 0.1) is 5.60 Å². The molecule has 2 aliphatic rings. The summed E-state index contributed by atoms with van der Waals surface area (Å²) >= 11 is 0. The minimum absolute atomic E-state index is 0.190. The molecule has 1 unspecified atom stereocenters. The first-order valence-electron chi connectivity index (χ1n) is 7.52. The average Bonchev–Trinajstić information content (AvgIpc) is 2.91. The zero-order valence-electron chi connectivity index (χ0n) is 12.0. The Balaban J connectivity index is 1.63. The van der Waals surface area contributed by atoms with Crippen LogP contribution in [0.1, 0.15) is 44.2 Å². The second kappa shape index (κ2) is 5.62. The van der Waals surface area contributed by atoms with Gasteiger partial charge < -0.3 is 19.9 Å². The van der Waals surface area contributed by atoms with Crippen molar-refractivity contribution in [1.29, 1.82) is 0 Å². The molecule has 0 aromatic heterocycles. The van der Waals surface area contributed by atoms with Gasteiger partial charge in [-0.05, 0) is 37.5 Å². The molecule has 0 amide bonds. The quantitative estimate of drug-likeness (QED) is 0.887. The minimum atomic E-state index is -0.512. The molecule has 1 aliphatic carbocycles. The molecule has 0 spiro atoms. The summed E-state index contributed by atoms with van der Waals surface area (Å²) < 4.78 is 11.1. The molecule has 110 valence electrons. The molecule has 0 bridgehead atoms. The molecule has 4 heteroatoms. The second-order valence-corrected chi connectivity index (χ2v) is 5.94. The van der Waals surface area contributed by atoms with Gasteiger partial charge in [0.1, 0.15) is 13.2 Å². The van der Waals surface area contributed by atoms with Crippen LogP contribution in [-0.2, 0) is 0 Å². The molecular formula is C16H23NO3. The molecule has 1 aromatic carbocycles. The number of hydrogen-bond acceptors (Lipinski definition) is 4. The van der Waals surface area contributed by atoms with Crippen molar-refractivity contribution in [3.63, 3.8) is 0 Å². The van der Waals surface area contributed by atoms with Gasteiger partial charge in [0.25, 0.3) is 0 Å². The summed E-state index contributed by atoms with van der Waals surface area (Å²) in [6.07, 6.45) is 4.09. The Morgan fingerprint density at radius 2 is 1.90 bits per heavy atom. The SMILES string of the molecule is CC(NCC1(O)CCCC1)c1ccc2c(c1)OCCO2. The second-order valence-electron chi connectivity index (χ2n) is 5.94. The third kappa shape index (κ3) is 2.91. The number of nitrogens with one attached hydrogen (secondary N) is 1. The van der Waals surface area contributed by atoms with Gasteiger partial charge in [0, 0.05) is 12.6 Å². The van der Waals surface area contributed by atoms with Gasteiger partial charge >= 0.3 is 0 Å². The highest BCUT2D eigenvalue weighted by Crippen LogP contribution is 2.33. The Labute approximate surface area is 120 Å². The molecule has 1 heterocycles. The normalized spacial score (nSPS) is 21.7. The van der Waals surface area contributed by atoms with Gasteiger partial charge in [0.2, 0.25) is 0 Å². The summed E-state index contributed by atoms with van der Waals surface area (Å²) in [5.41, 5.74) is 0.651. The fourth-order valence-electron chi connectivity index (χ4n) is 3.00. The van der Waals surface area contributed by atoms with Gasteiger partial charge in [-0.2, -0.15) is 0 Å². The van der Waals surface area contributed by atoms with Gasteiger partial charge in [-0.3, -0.25) is 0 Å². The molecule has 4 nitrogen and oxygen atoms in total. The maximum absolute atomic E-state index is 10.4. The van der Waals surface area contributed by atoms with E-state index in [1.807, 2.05) is 12.1 Å². The highest BCUT2D eigenvalue weighted by molar-refractivity contribution is 5.44. The lowest BCUT2D eigenvalue weighted by Gasteiger charge is -2.26. The van der Waals surface area contributed by atoms with Crippen LogP contribution >= 0.6 is 0 Å². The predicted molar refractivity (Wildman–Crippen MR) is 77.3 cm³/mol. The summed E-state index contributed by atoms with van der Waals surface area (Å²) in [7, 11) is 0. The minimum Gasteiger partial charge on any atom is -0.486 e. The molecule has 1 saturated carbocycles. The van der Waals surface area contributed by atoms with Gasteiger partial charge in [-0.15, -0.1) is 0 Å². The zero-order chi connectivity index (χ0) is 14.0. The number of ether oxygens (including phenoxy) is 2. The molecule has 1 aliphatic heterocycles. The Morgan fingerprint density at radius 3 is 2.65 bits per heavy atom. The number of hydrogen-bond donors (Lipinski definition) is 2. The number of fused-ring (bicyclic) bond motifs is 1. The van der Waals surface area contributed by atoms with Crippen molar-refractivity contribution in [3.05, 3.63) is 23.8 Å². The van der Waals surface area contributed by atoms with E-state index in [9.17, 15) is 5.11 Å². The zero-order valence-corrected chi connectivity index (χ0v) is 12.0. The van der Waals surface area contributed by atoms with E-state index in [2.05, 4.69) is 18.3 Å². The lowest BCUT2D eigenvalue weighted by atomic mass is 10.0. The predicted octanol–water partition coefficient (Wildman–Crippen LogP) is 2.41. The highest BCUT2D eigenvalue weighted by Gasteiger charge is 2.31. The van der Waals surface area contributed by atoms with E-state index < -0.39 is 5.60 Å². The Hall–Kier alpha value is -1.26. The molecule has 2 N–H and O–H groups in total. The van der Waals surface area contributed by atoms with Crippen molar-refractivity contribution in [2.45, 2.75) is 44.2 Å². The first kappa shape index (κ1) is 13.7. The molecule has 1 atom stereocenters. The van der Waals surface area contributed by atoms with Crippen molar-refractivity contribution in [3.8, 4) is 11.5 Å². The number of aliphatic hydroxyl groups is 1. The third-order valence-corrected chi connectivity index (χ3v) is 4.34. The van der Waals surface area contributed by atoms with Crippen LogP contribution in [0.5, 0.6) is 11.5 Å². The van der Waals surface area contributed by atoms with Gasteiger partial charge in [-0.1, -0.05) is 18.9 Å². The monoisotopic (exact) mass is 277 g/mol. The lowest BCUT2D eigenvalue weighted by Crippen LogP contribution is -2.39. The lowest BCUT2D eigenvalue weighted by molar-refractivity contribution is 0.0453. The van der Waals surface area contributed by atoms with E-state index in [4.69, 9.17) is 9.47 Å². The standard InChI is InChI=1S/C16H23NO3/c1-12(17-11-16(18)6-2-3-7-16)13-4-5-14-15(10-13)20-9-8-19-14/h4-5,10,12,17-18H,2-3,6-9,11H2,1H3. The Morgan fingerprint density at radius 1 is 1.20 bits per heavy atom. The fraction of sp³-hybridized carbons (Fsp3) is 0.625. The van der Waals surface area contributed by atoms with Crippen LogP contribution in [0.3, 0.4) is 0 Å². The molecule has 0 saturated heterocycles. The Kier molecular flexibility index (Phi) is 3.85. The van der Waals surface area contributed by atoms with Crippen LogP contribution in [0.4, 0.5) is 0 Å². The smallest absolute Gasteiger partial charge is 0.161 e. The van der Waals surface area contributed by atoms with Gasteiger partial charge in [-0.25, -0.2) is 0 Å². The molecular weight excluding hydrogens is 254 g/mol. The van der Waals surface area contributed by atoms with E-state index >= 15 is 0 Å². The van der Waals surface area contributed by atoms with Crippen molar-refractivity contribution >= 4 is 0 Å². The summed E-state index contributed by atoms with van der Waals surface area (Å²) in [4.78, 5) is 0. The van der Waals surface area contributed by atoms with Crippen molar-refractivity contribution < 1.29 is 14.6 Å². The molecule has 1 aromatic rings. The molecule has 1 fully saturated rings. The highest BCUT2D eigenvalue weighted by atomic mass is 16.6. The summed E-state index contributed by atoms with van der Waals surface area (Å²) in [5, 5.41) is 13.8. The first-order chi connectivity index (χ1) is 9.66. The topological polar surface area (TPSA) is 50.7 Å². The third-order valence-electron chi connectivity index (χ3n) is 4.34. The summed E-state index contributed by atoms with van der Waals surface area (Å²) in [6, 6.07) is 6.25. The van der Waals surface area contributed by atoms with Crippen molar-refractivity contribution in [2.24, 2.45) is 0 Å². The first-order valence-corrected chi connectivity index (χ1v) is 7.52. The van der Waals surface area contributed by atoms with Gasteiger partial charge in [0.15, 0.2) is 11.5 Å². The maximum Gasteiger partial charge on any atom is 0.161 e. The molecule has 0 radical (unpaired) electrons. The van der Waals surface area contributed by atoms with E-state index in [0.29, 0.717) is 19.8 Å². The van der Waals surface area contributed by atoms with Crippen LogP contribution in [-0.4, -0.2) is 30.5 Å². The van der Waals surface area contributed by atoms with E-state index in [0.717, 1.165) is 42.7 Å². The van der Waals surface area contributed by atoms with E-state index in [1.54, 1.807) is 0 Å². The van der Waals surface area contributed by atoms with E-state index in [1.165, 1.54) is 0 Å². The van der Waals surface area contributed by atoms with Crippen molar-refractivity contribution in [1.82, 2.24) is 5.32 Å². The number of benzene rings is 1. The van der Waals surface area contributed by atoms with Crippen LogP contribution in [0.25, 0.3) is 0 Å². The molecule has 3 rings (SSSR count).